The first-order valence-corrected chi connectivity index (χ1v) is 7.52. The first kappa shape index (κ1) is 12.8. The predicted molar refractivity (Wildman–Crippen MR) is 74.8 cm³/mol. The van der Waals surface area contributed by atoms with Crippen molar-refractivity contribution in [1.82, 2.24) is 4.98 Å². The summed E-state index contributed by atoms with van der Waals surface area (Å²) in [5.41, 5.74) is 7.07. The smallest absolute Gasteiger partial charge is 0.185 e. The van der Waals surface area contributed by atoms with Crippen LogP contribution in [0.5, 0.6) is 0 Å². The lowest BCUT2D eigenvalue weighted by Gasteiger charge is -2.25. The van der Waals surface area contributed by atoms with E-state index in [1.54, 1.807) is 11.3 Å². The fourth-order valence-corrected chi connectivity index (χ4v) is 3.41. The van der Waals surface area contributed by atoms with E-state index in [1.807, 2.05) is 0 Å². The number of anilines is 1. The summed E-state index contributed by atoms with van der Waals surface area (Å²) in [5, 5.41) is 1.19. The maximum Gasteiger partial charge on any atom is 0.185 e. The SMILES string of the molecule is CCC(C)c1nc(N2CCCCC2)sc1CN. The maximum absolute atomic E-state index is 5.84. The van der Waals surface area contributed by atoms with Crippen molar-refractivity contribution in [3.8, 4) is 0 Å². The lowest BCUT2D eigenvalue weighted by Crippen LogP contribution is -2.29. The first-order valence-electron chi connectivity index (χ1n) is 6.70. The molecule has 1 aromatic rings. The molecule has 2 N–H and O–H groups in total. The molecule has 1 aliphatic rings. The van der Waals surface area contributed by atoms with Crippen LogP contribution in [0.15, 0.2) is 0 Å². The highest BCUT2D eigenvalue weighted by Gasteiger charge is 2.19. The molecule has 1 unspecified atom stereocenters. The molecule has 1 aliphatic heterocycles. The average Bonchev–Trinajstić information content (AvgIpc) is 2.83. The Balaban J connectivity index is 2.20. The van der Waals surface area contributed by atoms with Gasteiger partial charge in [-0.15, -0.1) is 11.3 Å². The summed E-state index contributed by atoms with van der Waals surface area (Å²) in [7, 11) is 0. The molecule has 4 heteroatoms. The van der Waals surface area contributed by atoms with Crippen molar-refractivity contribution < 1.29 is 0 Å². The summed E-state index contributed by atoms with van der Waals surface area (Å²) in [5.74, 6) is 0.531. The average molecular weight is 253 g/mol. The third-order valence-corrected chi connectivity index (χ3v) is 4.76. The Morgan fingerprint density at radius 2 is 2.06 bits per heavy atom. The van der Waals surface area contributed by atoms with Gasteiger partial charge in [-0.2, -0.15) is 0 Å². The van der Waals surface area contributed by atoms with Crippen molar-refractivity contribution in [1.29, 1.82) is 0 Å². The van der Waals surface area contributed by atoms with Crippen molar-refractivity contribution in [2.24, 2.45) is 5.73 Å². The maximum atomic E-state index is 5.84. The molecule has 0 saturated carbocycles. The minimum atomic E-state index is 0.531. The largest absolute Gasteiger partial charge is 0.348 e. The van der Waals surface area contributed by atoms with Crippen LogP contribution in [0.2, 0.25) is 0 Å². The van der Waals surface area contributed by atoms with Crippen molar-refractivity contribution >= 4 is 16.5 Å². The Labute approximate surface area is 108 Å². The Morgan fingerprint density at radius 3 is 2.65 bits per heavy atom. The number of hydrogen-bond donors (Lipinski definition) is 1. The number of nitrogens with zero attached hydrogens (tertiary/aromatic N) is 2. The monoisotopic (exact) mass is 253 g/mol. The molecular formula is C13H23N3S. The van der Waals surface area contributed by atoms with E-state index in [-0.39, 0.29) is 0 Å². The molecule has 17 heavy (non-hydrogen) atoms. The molecule has 0 radical (unpaired) electrons. The molecule has 2 rings (SSSR count). The van der Waals surface area contributed by atoms with Gasteiger partial charge in [0.05, 0.1) is 5.69 Å². The highest BCUT2D eigenvalue weighted by molar-refractivity contribution is 7.15. The van der Waals surface area contributed by atoms with E-state index in [2.05, 4.69) is 18.7 Å². The molecule has 1 saturated heterocycles. The van der Waals surface area contributed by atoms with E-state index in [9.17, 15) is 0 Å². The van der Waals surface area contributed by atoms with Crippen LogP contribution in [0.25, 0.3) is 0 Å². The number of rotatable bonds is 4. The topological polar surface area (TPSA) is 42.2 Å². The summed E-state index contributed by atoms with van der Waals surface area (Å²) >= 11 is 1.80. The summed E-state index contributed by atoms with van der Waals surface area (Å²) in [6, 6.07) is 0. The van der Waals surface area contributed by atoms with Gasteiger partial charge >= 0.3 is 0 Å². The summed E-state index contributed by atoms with van der Waals surface area (Å²) < 4.78 is 0. The Morgan fingerprint density at radius 1 is 1.35 bits per heavy atom. The van der Waals surface area contributed by atoms with E-state index in [0.29, 0.717) is 12.5 Å². The molecule has 0 spiro atoms. The molecule has 2 heterocycles. The van der Waals surface area contributed by atoms with Gasteiger partial charge in [0.1, 0.15) is 0 Å². The van der Waals surface area contributed by atoms with E-state index >= 15 is 0 Å². The van der Waals surface area contributed by atoms with Gasteiger partial charge in [-0.05, 0) is 31.6 Å². The van der Waals surface area contributed by atoms with E-state index in [1.165, 1.54) is 35.0 Å². The minimum Gasteiger partial charge on any atom is -0.348 e. The molecule has 3 nitrogen and oxygen atoms in total. The van der Waals surface area contributed by atoms with Gasteiger partial charge in [0.25, 0.3) is 0 Å². The molecule has 0 amide bonds. The Kier molecular flexibility index (Phi) is 4.40. The molecule has 1 fully saturated rings. The van der Waals surface area contributed by atoms with Gasteiger partial charge in [-0.25, -0.2) is 4.98 Å². The lowest BCUT2D eigenvalue weighted by atomic mass is 10.0. The highest BCUT2D eigenvalue weighted by atomic mass is 32.1. The highest BCUT2D eigenvalue weighted by Crippen LogP contribution is 2.32. The van der Waals surface area contributed by atoms with Crippen LogP contribution in [0.1, 0.15) is 56.0 Å². The fourth-order valence-electron chi connectivity index (χ4n) is 2.30. The van der Waals surface area contributed by atoms with Gasteiger partial charge < -0.3 is 10.6 Å². The predicted octanol–water partition coefficient (Wildman–Crippen LogP) is 3.11. The van der Waals surface area contributed by atoms with Gasteiger partial charge in [0, 0.05) is 24.5 Å². The summed E-state index contributed by atoms with van der Waals surface area (Å²) in [4.78, 5) is 8.55. The van der Waals surface area contributed by atoms with Crippen LogP contribution < -0.4 is 10.6 Å². The molecule has 0 bridgehead atoms. The van der Waals surface area contributed by atoms with Gasteiger partial charge in [-0.1, -0.05) is 13.8 Å². The zero-order valence-electron chi connectivity index (χ0n) is 10.9. The van der Waals surface area contributed by atoms with Crippen LogP contribution >= 0.6 is 11.3 Å². The first-order chi connectivity index (χ1) is 8.26. The second-order valence-electron chi connectivity index (χ2n) is 4.87. The molecule has 0 aromatic carbocycles. The van der Waals surface area contributed by atoms with Crippen LogP contribution in [-0.2, 0) is 6.54 Å². The van der Waals surface area contributed by atoms with Crippen molar-refractivity contribution in [2.45, 2.75) is 52.0 Å². The van der Waals surface area contributed by atoms with Crippen molar-refractivity contribution in [2.75, 3.05) is 18.0 Å². The summed E-state index contributed by atoms with van der Waals surface area (Å²) in [6.07, 6.45) is 5.10. The van der Waals surface area contributed by atoms with Crippen LogP contribution in [0.3, 0.4) is 0 Å². The lowest BCUT2D eigenvalue weighted by molar-refractivity contribution is 0.575. The van der Waals surface area contributed by atoms with E-state index < -0.39 is 0 Å². The van der Waals surface area contributed by atoms with Crippen molar-refractivity contribution in [3.05, 3.63) is 10.6 Å². The number of nitrogens with two attached hydrogens (primary N) is 1. The second-order valence-corrected chi connectivity index (χ2v) is 5.93. The zero-order chi connectivity index (χ0) is 12.3. The number of hydrogen-bond acceptors (Lipinski definition) is 4. The Bertz CT molecular complexity index is 356. The molecule has 1 atom stereocenters. The van der Waals surface area contributed by atoms with Gasteiger partial charge in [0.2, 0.25) is 0 Å². The van der Waals surface area contributed by atoms with Gasteiger partial charge in [-0.3, -0.25) is 0 Å². The molecule has 96 valence electrons. The minimum absolute atomic E-state index is 0.531. The summed E-state index contributed by atoms with van der Waals surface area (Å²) in [6.45, 7) is 7.42. The third kappa shape index (κ3) is 2.80. The fraction of sp³-hybridized carbons (Fsp3) is 0.769. The van der Waals surface area contributed by atoms with Crippen LogP contribution in [0.4, 0.5) is 5.13 Å². The van der Waals surface area contributed by atoms with E-state index in [0.717, 1.165) is 19.5 Å². The number of aromatic nitrogens is 1. The van der Waals surface area contributed by atoms with E-state index in [4.69, 9.17) is 10.7 Å². The molecule has 0 aliphatic carbocycles. The van der Waals surface area contributed by atoms with Gasteiger partial charge in [0.15, 0.2) is 5.13 Å². The Hall–Kier alpha value is -0.610. The number of thiazole rings is 1. The molecular weight excluding hydrogens is 230 g/mol. The molecule has 1 aromatic heterocycles. The standard InChI is InChI=1S/C13H23N3S/c1-3-10(2)12-11(9-14)17-13(15-12)16-7-5-4-6-8-16/h10H,3-9,14H2,1-2H3. The number of piperidine rings is 1. The normalized spacial score (nSPS) is 18.4. The van der Waals surface area contributed by atoms with Crippen molar-refractivity contribution in [3.63, 3.8) is 0 Å². The second kappa shape index (κ2) is 5.83. The zero-order valence-corrected chi connectivity index (χ0v) is 11.7. The van der Waals surface area contributed by atoms with Crippen LogP contribution in [-0.4, -0.2) is 18.1 Å². The van der Waals surface area contributed by atoms with Crippen LogP contribution in [0, 0.1) is 0 Å². The third-order valence-electron chi connectivity index (χ3n) is 3.61. The quantitative estimate of drug-likeness (QED) is 0.896.